The van der Waals surface area contributed by atoms with Crippen molar-refractivity contribution in [3.63, 3.8) is 0 Å². The van der Waals surface area contributed by atoms with Crippen LogP contribution in [0.25, 0.3) is 0 Å². The van der Waals surface area contributed by atoms with Gasteiger partial charge in [-0.3, -0.25) is 0 Å². The first kappa shape index (κ1) is 12.8. The number of hydrogen-bond acceptors (Lipinski definition) is 2. The molecule has 0 fully saturated rings. The summed E-state index contributed by atoms with van der Waals surface area (Å²) in [4.78, 5) is 0. The number of aromatic hydroxyl groups is 1. The molecule has 2 unspecified atom stereocenters. The minimum atomic E-state index is 0.329. The van der Waals surface area contributed by atoms with E-state index in [-0.39, 0.29) is 0 Å². The first-order chi connectivity index (χ1) is 7.61. The van der Waals surface area contributed by atoms with Gasteiger partial charge in [-0.15, -0.1) is 6.58 Å². The van der Waals surface area contributed by atoms with E-state index in [1.54, 1.807) is 12.1 Å². The number of benzene rings is 1. The molecule has 0 saturated heterocycles. The lowest BCUT2D eigenvalue weighted by Crippen LogP contribution is -2.33. The van der Waals surface area contributed by atoms with Crippen LogP contribution in [0, 0.1) is 0 Å². The normalized spacial score (nSPS) is 14.4. The Balaban J connectivity index is 2.33. The van der Waals surface area contributed by atoms with Crippen LogP contribution in [0.15, 0.2) is 36.9 Å². The lowest BCUT2D eigenvalue weighted by atomic mass is 10.1. The summed E-state index contributed by atoms with van der Waals surface area (Å²) in [6, 6.07) is 8.24. The van der Waals surface area contributed by atoms with Crippen molar-refractivity contribution in [3.05, 3.63) is 42.5 Å². The molecule has 2 atom stereocenters. The fourth-order valence-corrected chi connectivity index (χ4v) is 1.65. The molecule has 0 spiro atoms. The molecular weight excluding hydrogens is 198 g/mol. The zero-order chi connectivity index (χ0) is 12.0. The maximum absolute atomic E-state index is 9.16. The number of nitrogens with one attached hydrogen (secondary N) is 1. The van der Waals surface area contributed by atoms with E-state index >= 15 is 0 Å². The lowest BCUT2D eigenvalue weighted by Gasteiger charge is -2.17. The quantitative estimate of drug-likeness (QED) is 0.721. The van der Waals surface area contributed by atoms with Gasteiger partial charge in [-0.1, -0.05) is 18.2 Å². The highest BCUT2D eigenvalue weighted by molar-refractivity contribution is 5.25. The number of hydrogen-bond donors (Lipinski definition) is 2. The Labute approximate surface area is 98.0 Å². The zero-order valence-electron chi connectivity index (χ0n) is 10.1. The van der Waals surface area contributed by atoms with Crippen LogP contribution in [-0.4, -0.2) is 17.2 Å². The SMILES string of the molecule is C=CC(C)NC(C)CCc1ccc(O)cc1. The highest BCUT2D eigenvalue weighted by atomic mass is 16.3. The van der Waals surface area contributed by atoms with Crippen molar-refractivity contribution in [1.82, 2.24) is 5.32 Å². The second-order valence-corrected chi connectivity index (χ2v) is 4.30. The van der Waals surface area contributed by atoms with Gasteiger partial charge in [-0.25, -0.2) is 0 Å². The van der Waals surface area contributed by atoms with Crippen LogP contribution in [0.2, 0.25) is 0 Å². The summed E-state index contributed by atoms with van der Waals surface area (Å²) in [5.41, 5.74) is 1.26. The third-order valence-corrected chi connectivity index (χ3v) is 2.70. The molecule has 0 bridgehead atoms. The molecule has 0 aliphatic carbocycles. The summed E-state index contributed by atoms with van der Waals surface area (Å²) in [5.74, 6) is 0.329. The fraction of sp³-hybridized carbons (Fsp3) is 0.429. The Kier molecular flexibility index (Phi) is 5.06. The summed E-state index contributed by atoms with van der Waals surface area (Å²) in [5, 5.41) is 12.6. The van der Waals surface area contributed by atoms with Crippen LogP contribution < -0.4 is 5.32 Å². The summed E-state index contributed by atoms with van der Waals surface area (Å²) in [7, 11) is 0. The Hall–Kier alpha value is -1.28. The van der Waals surface area contributed by atoms with Gasteiger partial charge in [0, 0.05) is 12.1 Å². The van der Waals surface area contributed by atoms with Crippen molar-refractivity contribution in [2.24, 2.45) is 0 Å². The first-order valence-corrected chi connectivity index (χ1v) is 5.78. The molecule has 16 heavy (non-hydrogen) atoms. The number of aryl methyl sites for hydroxylation is 1. The van der Waals surface area contributed by atoms with Crippen LogP contribution in [0.3, 0.4) is 0 Å². The minimum Gasteiger partial charge on any atom is -0.508 e. The lowest BCUT2D eigenvalue weighted by molar-refractivity contribution is 0.474. The number of phenolic OH excluding ortho intramolecular Hbond substituents is 1. The fourth-order valence-electron chi connectivity index (χ4n) is 1.65. The number of rotatable bonds is 6. The number of phenols is 1. The van der Waals surface area contributed by atoms with Gasteiger partial charge in [0.25, 0.3) is 0 Å². The van der Waals surface area contributed by atoms with E-state index in [0.717, 1.165) is 12.8 Å². The van der Waals surface area contributed by atoms with E-state index in [1.807, 2.05) is 18.2 Å². The van der Waals surface area contributed by atoms with Gasteiger partial charge in [-0.05, 0) is 44.4 Å². The summed E-state index contributed by atoms with van der Waals surface area (Å²) in [6.07, 6.45) is 4.03. The second-order valence-electron chi connectivity index (χ2n) is 4.30. The molecule has 1 rings (SSSR count). The molecule has 2 nitrogen and oxygen atoms in total. The Bertz CT molecular complexity index is 318. The van der Waals surface area contributed by atoms with Crippen LogP contribution in [-0.2, 0) is 6.42 Å². The topological polar surface area (TPSA) is 32.3 Å². The Morgan fingerprint density at radius 3 is 2.50 bits per heavy atom. The summed E-state index contributed by atoms with van der Waals surface area (Å²) < 4.78 is 0. The largest absolute Gasteiger partial charge is 0.508 e. The zero-order valence-corrected chi connectivity index (χ0v) is 10.1. The maximum Gasteiger partial charge on any atom is 0.115 e. The van der Waals surface area contributed by atoms with Crippen molar-refractivity contribution in [2.45, 2.75) is 38.8 Å². The highest BCUT2D eigenvalue weighted by Crippen LogP contribution is 2.12. The van der Waals surface area contributed by atoms with Crippen LogP contribution in [0.1, 0.15) is 25.8 Å². The van der Waals surface area contributed by atoms with Gasteiger partial charge in [0.1, 0.15) is 5.75 Å². The van der Waals surface area contributed by atoms with Crippen LogP contribution in [0.5, 0.6) is 5.75 Å². The maximum atomic E-state index is 9.16. The molecule has 88 valence electrons. The molecule has 0 aromatic heterocycles. The summed E-state index contributed by atoms with van der Waals surface area (Å²) in [6.45, 7) is 8.03. The molecule has 0 amide bonds. The van der Waals surface area contributed by atoms with Gasteiger partial charge in [-0.2, -0.15) is 0 Å². The van der Waals surface area contributed by atoms with E-state index < -0.39 is 0 Å². The molecule has 0 heterocycles. The smallest absolute Gasteiger partial charge is 0.115 e. The van der Waals surface area contributed by atoms with Crippen LogP contribution >= 0.6 is 0 Å². The third-order valence-electron chi connectivity index (χ3n) is 2.70. The van der Waals surface area contributed by atoms with Gasteiger partial charge < -0.3 is 10.4 Å². The molecule has 2 N–H and O–H groups in total. The van der Waals surface area contributed by atoms with Crippen molar-refractivity contribution < 1.29 is 5.11 Å². The molecular formula is C14H21NO. The van der Waals surface area contributed by atoms with E-state index in [1.165, 1.54) is 5.56 Å². The summed E-state index contributed by atoms with van der Waals surface area (Å²) >= 11 is 0. The molecule has 0 radical (unpaired) electrons. The molecule has 0 aliphatic rings. The highest BCUT2D eigenvalue weighted by Gasteiger charge is 2.04. The Morgan fingerprint density at radius 2 is 1.94 bits per heavy atom. The Morgan fingerprint density at radius 1 is 1.31 bits per heavy atom. The van der Waals surface area contributed by atoms with Crippen molar-refractivity contribution >= 4 is 0 Å². The van der Waals surface area contributed by atoms with Gasteiger partial charge >= 0.3 is 0 Å². The van der Waals surface area contributed by atoms with E-state index in [2.05, 4.69) is 25.7 Å². The molecule has 1 aromatic rings. The molecule has 0 aliphatic heterocycles. The van der Waals surface area contributed by atoms with Gasteiger partial charge in [0.2, 0.25) is 0 Å². The minimum absolute atomic E-state index is 0.329. The van der Waals surface area contributed by atoms with Crippen LogP contribution in [0.4, 0.5) is 0 Å². The van der Waals surface area contributed by atoms with E-state index in [4.69, 9.17) is 5.11 Å². The van der Waals surface area contributed by atoms with E-state index in [0.29, 0.717) is 17.8 Å². The van der Waals surface area contributed by atoms with Gasteiger partial charge in [0.05, 0.1) is 0 Å². The first-order valence-electron chi connectivity index (χ1n) is 5.78. The predicted octanol–water partition coefficient (Wildman–Crippen LogP) is 2.88. The molecule has 0 saturated carbocycles. The molecule has 2 heteroatoms. The average molecular weight is 219 g/mol. The van der Waals surface area contributed by atoms with E-state index in [9.17, 15) is 0 Å². The van der Waals surface area contributed by atoms with Crippen molar-refractivity contribution in [3.8, 4) is 5.75 Å². The van der Waals surface area contributed by atoms with Crippen molar-refractivity contribution in [2.75, 3.05) is 0 Å². The predicted molar refractivity (Wildman–Crippen MR) is 68.7 cm³/mol. The monoisotopic (exact) mass is 219 g/mol. The standard InChI is InChI=1S/C14H21NO/c1-4-11(2)15-12(3)5-6-13-7-9-14(16)10-8-13/h4,7-12,15-16H,1,5-6H2,2-3H3. The second kappa shape index (κ2) is 6.33. The third kappa shape index (κ3) is 4.49. The average Bonchev–Trinajstić information content (AvgIpc) is 2.28. The molecule has 1 aromatic carbocycles. The van der Waals surface area contributed by atoms with Crippen molar-refractivity contribution in [1.29, 1.82) is 0 Å². The van der Waals surface area contributed by atoms with Gasteiger partial charge in [0.15, 0.2) is 0 Å².